The molecule has 0 spiro atoms. The maximum absolute atomic E-state index is 12.3. The molecule has 0 bridgehead atoms. The molecule has 0 unspecified atom stereocenters. The molecule has 0 amide bonds. The molecule has 2 fully saturated rings. The lowest BCUT2D eigenvalue weighted by atomic mass is 9.93. The molecular weight excluding hydrogens is 387 g/mol. The molecule has 10 heteroatoms. The van der Waals surface area contributed by atoms with Crippen LogP contribution >= 0.6 is 0 Å². The lowest BCUT2D eigenvalue weighted by Gasteiger charge is -2.30. The van der Waals surface area contributed by atoms with Gasteiger partial charge in [-0.15, -0.1) is 0 Å². The van der Waals surface area contributed by atoms with Crippen LogP contribution in [0.4, 0.5) is 24.9 Å². The first-order valence-electron chi connectivity index (χ1n) is 9.99. The van der Waals surface area contributed by atoms with Crippen molar-refractivity contribution >= 4 is 11.8 Å². The van der Waals surface area contributed by atoms with Gasteiger partial charge in [-0.1, -0.05) is 0 Å². The molecule has 160 valence electrons. The average Bonchev–Trinajstić information content (AvgIpc) is 2.67. The van der Waals surface area contributed by atoms with Crippen LogP contribution in [0.2, 0.25) is 0 Å². The Labute approximate surface area is 167 Å². The summed E-state index contributed by atoms with van der Waals surface area (Å²) >= 11 is 0. The van der Waals surface area contributed by atoms with Gasteiger partial charge >= 0.3 is 6.18 Å². The third kappa shape index (κ3) is 6.72. The van der Waals surface area contributed by atoms with Gasteiger partial charge in [0.1, 0.15) is 24.1 Å². The number of alkyl halides is 3. The summed E-state index contributed by atoms with van der Waals surface area (Å²) in [5, 5.41) is 25.6. The van der Waals surface area contributed by atoms with E-state index in [-0.39, 0.29) is 24.3 Å². The number of hydrogen-bond acceptors (Lipinski definition) is 7. The second-order valence-electron chi connectivity index (χ2n) is 7.77. The molecule has 0 aromatic carbocycles. The molecule has 1 heterocycles. The Bertz CT molecular complexity index is 717. The summed E-state index contributed by atoms with van der Waals surface area (Å²) in [6, 6.07) is 2.16. The van der Waals surface area contributed by atoms with Gasteiger partial charge in [0.05, 0.1) is 18.4 Å². The Hall–Kier alpha value is -2.12. The van der Waals surface area contributed by atoms with Gasteiger partial charge in [0, 0.05) is 12.1 Å². The summed E-state index contributed by atoms with van der Waals surface area (Å²) in [5.74, 6) is 0.814. The van der Waals surface area contributed by atoms with Crippen molar-refractivity contribution in [2.24, 2.45) is 0 Å². The molecule has 2 atom stereocenters. The lowest BCUT2D eigenvalue weighted by Crippen LogP contribution is -2.33. The number of rotatable bonds is 6. The minimum Gasteiger partial charge on any atom is -0.393 e. The molecule has 1 aromatic heterocycles. The lowest BCUT2D eigenvalue weighted by molar-refractivity contribution is -0.187. The first-order chi connectivity index (χ1) is 13.8. The van der Waals surface area contributed by atoms with E-state index in [1.165, 1.54) is 6.20 Å². The molecule has 3 N–H and O–H groups in total. The fourth-order valence-corrected chi connectivity index (χ4v) is 3.90. The van der Waals surface area contributed by atoms with Crippen molar-refractivity contribution in [3.63, 3.8) is 0 Å². The van der Waals surface area contributed by atoms with Gasteiger partial charge in [-0.3, -0.25) is 0 Å². The quantitative estimate of drug-likeness (QED) is 0.657. The largest absolute Gasteiger partial charge is 0.411 e. The highest BCUT2D eigenvalue weighted by Crippen LogP contribution is 2.27. The fraction of sp³-hybridized carbons (Fsp3) is 0.737. The fourth-order valence-electron chi connectivity index (χ4n) is 3.90. The summed E-state index contributed by atoms with van der Waals surface area (Å²) in [4.78, 5) is 8.61. The van der Waals surface area contributed by atoms with Crippen LogP contribution in [0.15, 0.2) is 6.20 Å². The Kier molecular flexibility index (Phi) is 7.14. The standard InChI is InChI=1S/C19H26F3N5O2/c20-19(21,22)11-29-16-6-4-13(5-7-16)26-18-24-10-12(9-23)17(27-18)25-14-2-1-3-15(28)8-14/h10,13-16,28H,1-8,11H2,(H2,24,25,26,27)/t13?,14-,15+,16?/m1/s1. The molecule has 0 aliphatic heterocycles. The van der Waals surface area contributed by atoms with Crippen LogP contribution in [0, 0.1) is 11.3 Å². The number of aliphatic hydroxyl groups is 1. The predicted octanol–water partition coefficient (Wildman–Crippen LogP) is 3.37. The van der Waals surface area contributed by atoms with E-state index in [0.29, 0.717) is 49.4 Å². The van der Waals surface area contributed by atoms with Crippen LogP contribution in [0.1, 0.15) is 56.9 Å². The smallest absolute Gasteiger partial charge is 0.393 e. The maximum atomic E-state index is 12.3. The Morgan fingerprint density at radius 2 is 1.90 bits per heavy atom. The molecule has 1 aromatic rings. The molecule has 2 aliphatic rings. The maximum Gasteiger partial charge on any atom is 0.411 e. The topological polar surface area (TPSA) is 103 Å². The monoisotopic (exact) mass is 413 g/mol. The van der Waals surface area contributed by atoms with Crippen LogP contribution in [0.3, 0.4) is 0 Å². The minimum absolute atomic E-state index is 0.0398. The molecule has 0 radical (unpaired) electrons. The van der Waals surface area contributed by atoms with Crippen LogP contribution in [0.25, 0.3) is 0 Å². The van der Waals surface area contributed by atoms with Crippen molar-refractivity contribution in [2.75, 3.05) is 17.2 Å². The zero-order valence-corrected chi connectivity index (χ0v) is 16.1. The Morgan fingerprint density at radius 3 is 2.55 bits per heavy atom. The van der Waals surface area contributed by atoms with Crippen LogP contribution in [0.5, 0.6) is 0 Å². The van der Waals surface area contributed by atoms with Gasteiger partial charge in [-0.2, -0.15) is 23.4 Å². The molecule has 7 nitrogen and oxygen atoms in total. The van der Waals surface area contributed by atoms with Crippen molar-refractivity contribution in [1.29, 1.82) is 5.26 Å². The van der Waals surface area contributed by atoms with Crippen LogP contribution < -0.4 is 10.6 Å². The van der Waals surface area contributed by atoms with E-state index in [1.54, 1.807) is 0 Å². The molecule has 0 saturated heterocycles. The number of nitrogens with one attached hydrogen (secondary N) is 2. The summed E-state index contributed by atoms with van der Waals surface area (Å²) < 4.78 is 41.7. The first kappa shape index (κ1) is 21.6. The molecule has 2 aliphatic carbocycles. The summed E-state index contributed by atoms with van der Waals surface area (Å²) in [7, 11) is 0. The van der Waals surface area contributed by atoms with Gasteiger partial charge < -0.3 is 20.5 Å². The van der Waals surface area contributed by atoms with E-state index in [4.69, 9.17) is 4.74 Å². The number of nitrogens with zero attached hydrogens (tertiary/aromatic N) is 3. The molecule has 3 rings (SSSR count). The second kappa shape index (κ2) is 9.59. The van der Waals surface area contributed by atoms with Crippen molar-refractivity contribution in [3.05, 3.63) is 11.8 Å². The van der Waals surface area contributed by atoms with Gasteiger partial charge in [0.15, 0.2) is 0 Å². The third-order valence-corrected chi connectivity index (χ3v) is 5.39. The van der Waals surface area contributed by atoms with Crippen molar-refractivity contribution in [3.8, 4) is 6.07 Å². The normalized spacial score (nSPS) is 27.8. The van der Waals surface area contributed by atoms with Gasteiger partial charge in [-0.05, 0) is 51.4 Å². The van der Waals surface area contributed by atoms with Gasteiger partial charge in [-0.25, -0.2) is 4.98 Å². The zero-order chi connectivity index (χ0) is 20.9. The van der Waals surface area contributed by atoms with E-state index in [9.17, 15) is 23.5 Å². The highest BCUT2D eigenvalue weighted by molar-refractivity contribution is 5.54. The second-order valence-corrected chi connectivity index (χ2v) is 7.77. The Balaban J connectivity index is 1.54. The van der Waals surface area contributed by atoms with Gasteiger partial charge in [0.25, 0.3) is 0 Å². The molecule has 2 saturated carbocycles. The van der Waals surface area contributed by atoms with Crippen molar-refractivity contribution < 1.29 is 23.0 Å². The summed E-state index contributed by atoms with van der Waals surface area (Å²) in [5.41, 5.74) is 0.333. The summed E-state index contributed by atoms with van der Waals surface area (Å²) in [6.45, 7) is -1.21. The number of aromatic nitrogens is 2. The van der Waals surface area contributed by atoms with Gasteiger partial charge in [0.2, 0.25) is 5.95 Å². The first-order valence-corrected chi connectivity index (χ1v) is 9.99. The number of aliphatic hydroxyl groups excluding tert-OH is 1. The molecular formula is C19H26F3N5O2. The third-order valence-electron chi connectivity index (χ3n) is 5.39. The van der Waals surface area contributed by atoms with Crippen molar-refractivity contribution in [2.45, 2.75) is 81.8 Å². The zero-order valence-electron chi connectivity index (χ0n) is 16.1. The van der Waals surface area contributed by atoms with E-state index in [2.05, 4.69) is 26.7 Å². The minimum atomic E-state index is -4.30. The average molecular weight is 413 g/mol. The number of nitriles is 1. The van der Waals surface area contributed by atoms with E-state index in [1.807, 2.05) is 0 Å². The van der Waals surface area contributed by atoms with Crippen molar-refractivity contribution in [1.82, 2.24) is 9.97 Å². The van der Waals surface area contributed by atoms with E-state index < -0.39 is 12.8 Å². The molecule has 29 heavy (non-hydrogen) atoms. The number of anilines is 2. The predicted molar refractivity (Wildman–Crippen MR) is 100 cm³/mol. The number of ether oxygens (including phenoxy) is 1. The highest BCUT2D eigenvalue weighted by atomic mass is 19.4. The highest BCUT2D eigenvalue weighted by Gasteiger charge is 2.31. The Morgan fingerprint density at radius 1 is 1.14 bits per heavy atom. The van der Waals surface area contributed by atoms with Crippen LogP contribution in [-0.4, -0.2) is 52.1 Å². The number of hydrogen-bond donors (Lipinski definition) is 3. The van der Waals surface area contributed by atoms with E-state index >= 15 is 0 Å². The van der Waals surface area contributed by atoms with Crippen LogP contribution in [-0.2, 0) is 4.74 Å². The SMILES string of the molecule is N#Cc1cnc(NC2CCC(OCC(F)(F)F)CC2)nc1N[C@@H]1CCC[C@H](O)C1. The van der Waals surface area contributed by atoms with E-state index in [0.717, 1.165) is 19.3 Å². The summed E-state index contributed by atoms with van der Waals surface area (Å²) in [6.07, 6.45) is 2.02. The number of halogens is 3.